The topological polar surface area (TPSA) is 53.5 Å². The molecule has 0 radical (unpaired) electrons. The second-order valence-electron chi connectivity index (χ2n) is 3.71. The summed E-state index contributed by atoms with van der Waals surface area (Å²) in [6.45, 7) is 1.80. The number of methoxy groups -OCH3 is 2. The number of rotatable bonds is 4. The maximum atomic E-state index is 5.88. The highest BCUT2D eigenvalue weighted by Crippen LogP contribution is 2.35. The maximum absolute atomic E-state index is 5.88. The van der Waals surface area contributed by atoms with Crippen molar-refractivity contribution < 1.29 is 14.2 Å². The first-order valence-corrected chi connectivity index (χ1v) is 5.92. The summed E-state index contributed by atoms with van der Waals surface area (Å²) < 4.78 is 16.1. The molecule has 1 aromatic carbocycles. The highest BCUT2D eigenvalue weighted by Gasteiger charge is 2.15. The molecule has 6 heteroatoms. The summed E-state index contributed by atoms with van der Waals surface area (Å²) in [6, 6.07) is 7.27. The Morgan fingerprint density at radius 1 is 1.00 bits per heavy atom. The van der Waals surface area contributed by atoms with E-state index < -0.39 is 0 Å². The van der Waals surface area contributed by atoms with Gasteiger partial charge in [-0.2, -0.15) is 0 Å². The van der Waals surface area contributed by atoms with Crippen LogP contribution in [0.4, 0.5) is 0 Å². The molecule has 0 saturated carbocycles. The highest BCUT2D eigenvalue weighted by atomic mass is 35.5. The van der Waals surface area contributed by atoms with E-state index >= 15 is 0 Å². The largest absolute Gasteiger partial charge is 0.493 e. The average Bonchev–Trinajstić information content (AvgIpc) is 2.43. The Hall–Kier alpha value is -2.01. The van der Waals surface area contributed by atoms with Crippen molar-refractivity contribution in [2.75, 3.05) is 14.2 Å². The summed E-state index contributed by atoms with van der Waals surface area (Å²) in [5.74, 6) is 1.93. The first-order valence-electron chi connectivity index (χ1n) is 5.55. The van der Waals surface area contributed by atoms with E-state index in [9.17, 15) is 0 Å². The van der Waals surface area contributed by atoms with E-state index in [1.165, 1.54) is 7.11 Å². The number of hydrogen-bond acceptors (Lipinski definition) is 5. The fourth-order valence-corrected chi connectivity index (χ4v) is 1.86. The van der Waals surface area contributed by atoms with Crippen LogP contribution in [0, 0.1) is 6.92 Å². The molecular weight excluding hydrogens is 268 g/mol. The predicted molar refractivity (Wildman–Crippen MR) is 71.4 cm³/mol. The van der Waals surface area contributed by atoms with Gasteiger partial charge in [0.1, 0.15) is 0 Å². The molecule has 0 spiro atoms. The first-order chi connectivity index (χ1) is 9.17. The van der Waals surface area contributed by atoms with Crippen molar-refractivity contribution in [2.24, 2.45) is 0 Å². The van der Waals surface area contributed by atoms with Crippen molar-refractivity contribution >= 4 is 11.6 Å². The number of nitrogens with zero attached hydrogens (tertiary/aromatic N) is 2. The fourth-order valence-electron chi connectivity index (χ4n) is 1.60. The Morgan fingerprint density at radius 3 is 2.32 bits per heavy atom. The monoisotopic (exact) mass is 280 g/mol. The second kappa shape index (κ2) is 5.75. The van der Waals surface area contributed by atoms with E-state index in [4.69, 9.17) is 25.8 Å². The van der Waals surface area contributed by atoms with Gasteiger partial charge in [0, 0.05) is 0 Å². The lowest BCUT2D eigenvalue weighted by Crippen LogP contribution is -1.99. The smallest absolute Gasteiger partial charge is 0.245 e. The van der Waals surface area contributed by atoms with Crippen LogP contribution in [0.5, 0.6) is 23.1 Å². The Kier molecular flexibility index (Phi) is 4.06. The van der Waals surface area contributed by atoms with Gasteiger partial charge in [-0.05, 0) is 19.1 Å². The molecule has 5 nitrogen and oxygen atoms in total. The lowest BCUT2D eigenvalue weighted by atomic mass is 10.3. The molecule has 0 fully saturated rings. The predicted octanol–water partition coefficient (Wildman–Crippen LogP) is 3.25. The molecule has 0 aliphatic carbocycles. The first kappa shape index (κ1) is 13.4. The van der Waals surface area contributed by atoms with Gasteiger partial charge in [0.15, 0.2) is 22.4 Å². The Morgan fingerprint density at radius 2 is 1.68 bits per heavy atom. The van der Waals surface area contributed by atoms with Gasteiger partial charge in [0.05, 0.1) is 19.8 Å². The zero-order valence-electron chi connectivity index (χ0n) is 10.8. The lowest BCUT2D eigenvalue weighted by Gasteiger charge is -2.12. The maximum Gasteiger partial charge on any atom is 0.245 e. The second-order valence-corrected chi connectivity index (χ2v) is 4.07. The molecule has 19 heavy (non-hydrogen) atoms. The molecule has 0 aliphatic rings. The third kappa shape index (κ3) is 2.71. The van der Waals surface area contributed by atoms with E-state index in [2.05, 4.69) is 10.2 Å². The molecule has 100 valence electrons. The van der Waals surface area contributed by atoms with Crippen molar-refractivity contribution in [3.63, 3.8) is 0 Å². The molecule has 0 N–H and O–H groups in total. The van der Waals surface area contributed by atoms with E-state index in [1.54, 1.807) is 26.2 Å². The fraction of sp³-hybridized carbons (Fsp3) is 0.231. The van der Waals surface area contributed by atoms with Crippen LogP contribution >= 0.6 is 11.6 Å². The van der Waals surface area contributed by atoms with Gasteiger partial charge in [0.2, 0.25) is 5.88 Å². The minimum Gasteiger partial charge on any atom is -0.493 e. The van der Waals surface area contributed by atoms with Gasteiger partial charge in [-0.15, -0.1) is 10.2 Å². The Bertz CT molecular complexity index is 590. The van der Waals surface area contributed by atoms with E-state index in [0.29, 0.717) is 28.7 Å². The van der Waals surface area contributed by atoms with Gasteiger partial charge in [-0.3, -0.25) is 0 Å². The molecule has 0 aliphatic heterocycles. The van der Waals surface area contributed by atoms with Gasteiger partial charge in [-0.1, -0.05) is 23.7 Å². The molecule has 0 unspecified atom stereocenters. The summed E-state index contributed by atoms with van der Waals surface area (Å²) in [6.07, 6.45) is 0. The van der Waals surface area contributed by atoms with Gasteiger partial charge in [-0.25, -0.2) is 0 Å². The van der Waals surface area contributed by atoms with Crippen LogP contribution in [0.1, 0.15) is 5.56 Å². The van der Waals surface area contributed by atoms with Crippen LogP contribution in [0.3, 0.4) is 0 Å². The number of hydrogen-bond donors (Lipinski definition) is 0. The Labute approximate surface area is 116 Å². The number of benzene rings is 1. The SMILES string of the molecule is COc1ccccc1Oc1nnc(Cl)c(OC)c1C. The summed E-state index contributed by atoms with van der Waals surface area (Å²) in [5.41, 5.74) is 0.674. The molecule has 2 aromatic rings. The lowest BCUT2D eigenvalue weighted by molar-refractivity contribution is 0.364. The average molecular weight is 281 g/mol. The molecule has 0 bridgehead atoms. The number of aromatic nitrogens is 2. The van der Waals surface area contributed by atoms with E-state index in [-0.39, 0.29) is 5.15 Å². The van der Waals surface area contributed by atoms with Crippen LogP contribution in [0.2, 0.25) is 5.15 Å². The minimum absolute atomic E-state index is 0.201. The number of ether oxygens (including phenoxy) is 3. The summed E-state index contributed by atoms with van der Waals surface area (Å²) in [7, 11) is 3.09. The van der Waals surface area contributed by atoms with Crippen molar-refractivity contribution in [1.82, 2.24) is 10.2 Å². The molecule has 0 saturated heterocycles. The van der Waals surface area contributed by atoms with Crippen molar-refractivity contribution in [3.8, 4) is 23.1 Å². The molecular formula is C13H13ClN2O3. The van der Waals surface area contributed by atoms with Crippen LogP contribution < -0.4 is 14.2 Å². The molecule has 2 rings (SSSR count). The Balaban J connectivity index is 2.39. The third-order valence-corrected chi connectivity index (χ3v) is 2.80. The quantitative estimate of drug-likeness (QED) is 0.860. The van der Waals surface area contributed by atoms with Gasteiger partial charge < -0.3 is 14.2 Å². The van der Waals surface area contributed by atoms with Crippen molar-refractivity contribution in [3.05, 3.63) is 35.0 Å². The third-order valence-electron chi connectivity index (χ3n) is 2.56. The van der Waals surface area contributed by atoms with Gasteiger partial charge >= 0.3 is 0 Å². The molecule has 0 amide bonds. The highest BCUT2D eigenvalue weighted by molar-refractivity contribution is 6.30. The zero-order chi connectivity index (χ0) is 13.8. The minimum atomic E-state index is 0.201. The summed E-state index contributed by atoms with van der Waals surface area (Å²) in [5, 5.41) is 7.91. The van der Waals surface area contributed by atoms with Crippen LogP contribution in [0.15, 0.2) is 24.3 Å². The molecule has 0 atom stereocenters. The van der Waals surface area contributed by atoms with Gasteiger partial charge in [0.25, 0.3) is 0 Å². The van der Waals surface area contributed by atoms with Crippen molar-refractivity contribution in [1.29, 1.82) is 0 Å². The molecule has 1 heterocycles. The normalized spacial score (nSPS) is 10.1. The van der Waals surface area contributed by atoms with Crippen molar-refractivity contribution in [2.45, 2.75) is 6.92 Å². The van der Waals surface area contributed by atoms with E-state index in [1.807, 2.05) is 12.1 Å². The van der Waals surface area contributed by atoms with Crippen LogP contribution in [-0.2, 0) is 0 Å². The zero-order valence-corrected chi connectivity index (χ0v) is 11.6. The van der Waals surface area contributed by atoms with Crippen LogP contribution in [-0.4, -0.2) is 24.4 Å². The van der Waals surface area contributed by atoms with Crippen LogP contribution in [0.25, 0.3) is 0 Å². The standard InChI is InChI=1S/C13H13ClN2O3/c1-8-11(18-3)12(14)15-16-13(8)19-10-7-5-4-6-9(10)17-2/h4-7H,1-3H3. The summed E-state index contributed by atoms with van der Waals surface area (Å²) in [4.78, 5) is 0. The van der Waals surface area contributed by atoms with E-state index in [0.717, 1.165) is 0 Å². The number of halogens is 1. The molecule has 1 aromatic heterocycles. The summed E-state index contributed by atoms with van der Waals surface area (Å²) >= 11 is 5.88. The number of para-hydroxylation sites is 2.